The molecule has 1 aromatic carbocycles. The number of hydrogen-bond donors (Lipinski definition) is 0. The molecule has 164 valence electrons. The highest BCUT2D eigenvalue weighted by Gasteiger charge is 2.20. The van der Waals surface area contributed by atoms with Crippen LogP contribution in [0.4, 0.5) is 4.39 Å². The first-order valence-corrected chi connectivity index (χ1v) is 12.2. The number of hydrogen-bond acceptors (Lipinski definition) is 1. The van der Waals surface area contributed by atoms with Crippen LogP contribution < -0.4 is 0 Å². The van der Waals surface area contributed by atoms with Crippen LogP contribution in [0, 0.1) is 23.2 Å². The summed E-state index contributed by atoms with van der Waals surface area (Å²) >= 11 is 0. The molecule has 2 rings (SSSR count). The van der Waals surface area contributed by atoms with Crippen LogP contribution in [0.3, 0.4) is 0 Å². The maximum absolute atomic E-state index is 12.7. The fraction of sp³-hybridized carbons (Fsp3) is 0.607. The van der Waals surface area contributed by atoms with Gasteiger partial charge in [0, 0.05) is 0 Å². The standard InChI is InChI=1S/C28H40FN/c1-2-3-5-10-24-15-19-26(20-16-24)12-8-9-13-27-21-17-25(18-22-27)11-6-4-7-14-28(29)23-30/h4,7,14-16,19-20,25,27H,2-3,5-6,8-13,17-18,21-22H2,1H3/b7-4+,28-14-. The van der Waals surface area contributed by atoms with Crippen molar-refractivity contribution >= 4 is 0 Å². The van der Waals surface area contributed by atoms with Gasteiger partial charge in [0.15, 0.2) is 5.83 Å². The Balaban J connectivity index is 1.52. The first-order valence-electron chi connectivity index (χ1n) is 12.2. The lowest BCUT2D eigenvalue weighted by Gasteiger charge is -2.28. The first kappa shape index (κ1) is 24.4. The summed E-state index contributed by atoms with van der Waals surface area (Å²) < 4.78 is 12.7. The third-order valence-electron chi connectivity index (χ3n) is 6.61. The second kappa shape index (κ2) is 15.0. The zero-order valence-electron chi connectivity index (χ0n) is 18.9. The molecular weight excluding hydrogens is 369 g/mol. The van der Waals surface area contributed by atoms with E-state index in [1.54, 1.807) is 6.08 Å². The van der Waals surface area contributed by atoms with E-state index in [0.29, 0.717) is 0 Å². The Morgan fingerprint density at radius 2 is 1.50 bits per heavy atom. The Morgan fingerprint density at radius 1 is 0.933 bits per heavy atom. The zero-order chi connectivity index (χ0) is 21.4. The van der Waals surface area contributed by atoms with E-state index >= 15 is 0 Å². The van der Waals surface area contributed by atoms with E-state index in [1.807, 2.05) is 6.08 Å². The molecule has 0 atom stereocenters. The van der Waals surface area contributed by atoms with Gasteiger partial charge >= 0.3 is 0 Å². The van der Waals surface area contributed by atoms with Crippen LogP contribution in [0.1, 0.15) is 95.1 Å². The largest absolute Gasteiger partial charge is 0.199 e. The normalized spacial score (nSPS) is 19.8. The van der Waals surface area contributed by atoms with Crippen molar-refractivity contribution in [1.82, 2.24) is 0 Å². The molecule has 1 aliphatic carbocycles. The maximum Gasteiger partial charge on any atom is 0.199 e. The lowest BCUT2D eigenvalue weighted by molar-refractivity contribution is 0.250. The number of unbranched alkanes of at least 4 members (excludes halogenated alkanes) is 3. The average molecular weight is 410 g/mol. The minimum Gasteiger partial charge on any atom is -0.195 e. The van der Waals surface area contributed by atoms with Gasteiger partial charge in [0.2, 0.25) is 0 Å². The molecule has 2 heteroatoms. The summed E-state index contributed by atoms with van der Waals surface area (Å²) in [5.41, 5.74) is 2.99. The van der Waals surface area contributed by atoms with Gasteiger partial charge in [-0.2, -0.15) is 9.65 Å². The van der Waals surface area contributed by atoms with Gasteiger partial charge in [-0.1, -0.05) is 94.7 Å². The topological polar surface area (TPSA) is 23.8 Å². The molecule has 0 bridgehead atoms. The van der Waals surface area contributed by atoms with Gasteiger partial charge in [-0.25, -0.2) is 0 Å². The molecule has 1 fully saturated rings. The van der Waals surface area contributed by atoms with Gasteiger partial charge in [-0.05, 0) is 67.6 Å². The van der Waals surface area contributed by atoms with Gasteiger partial charge in [-0.15, -0.1) is 0 Å². The van der Waals surface area contributed by atoms with Crippen molar-refractivity contribution in [3.63, 3.8) is 0 Å². The van der Waals surface area contributed by atoms with Crippen molar-refractivity contribution in [2.45, 2.75) is 96.8 Å². The van der Waals surface area contributed by atoms with Crippen LogP contribution in [0.15, 0.2) is 48.3 Å². The third-order valence-corrected chi connectivity index (χ3v) is 6.61. The van der Waals surface area contributed by atoms with Gasteiger partial charge in [0.1, 0.15) is 6.07 Å². The highest BCUT2D eigenvalue weighted by molar-refractivity contribution is 5.22. The Labute approximate surface area is 184 Å². The van der Waals surface area contributed by atoms with E-state index in [1.165, 1.54) is 107 Å². The third kappa shape index (κ3) is 10.2. The molecule has 0 N–H and O–H groups in total. The highest BCUT2D eigenvalue weighted by Crippen LogP contribution is 2.34. The number of aryl methyl sites for hydroxylation is 2. The molecule has 1 saturated carbocycles. The Bertz CT molecular complexity index is 672. The minimum absolute atomic E-state index is 0.716. The van der Waals surface area contributed by atoms with E-state index in [-0.39, 0.29) is 0 Å². The Morgan fingerprint density at radius 3 is 2.07 bits per heavy atom. The van der Waals surface area contributed by atoms with Crippen LogP contribution in [0.5, 0.6) is 0 Å². The fourth-order valence-corrected chi connectivity index (χ4v) is 4.64. The van der Waals surface area contributed by atoms with Crippen molar-refractivity contribution in [3.8, 4) is 6.07 Å². The summed E-state index contributed by atoms with van der Waals surface area (Å²) in [5.74, 6) is 1.03. The molecule has 1 aromatic rings. The number of nitriles is 1. The summed E-state index contributed by atoms with van der Waals surface area (Å²) in [6, 6.07) is 10.8. The molecule has 0 heterocycles. The van der Waals surface area contributed by atoms with Crippen LogP contribution in [-0.2, 0) is 12.8 Å². The maximum atomic E-state index is 12.7. The summed E-state index contributed by atoms with van der Waals surface area (Å²) in [5, 5.41) is 8.37. The molecule has 0 saturated heterocycles. The van der Waals surface area contributed by atoms with E-state index in [0.717, 1.165) is 18.3 Å². The number of nitrogens with zero attached hydrogens (tertiary/aromatic N) is 1. The predicted molar refractivity (Wildman–Crippen MR) is 126 cm³/mol. The van der Waals surface area contributed by atoms with Crippen LogP contribution in [-0.4, -0.2) is 0 Å². The van der Waals surface area contributed by atoms with E-state index in [9.17, 15) is 4.39 Å². The smallest absolute Gasteiger partial charge is 0.195 e. The molecule has 0 unspecified atom stereocenters. The van der Waals surface area contributed by atoms with E-state index < -0.39 is 5.83 Å². The fourth-order valence-electron chi connectivity index (χ4n) is 4.64. The number of rotatable bonds is 13. The van der Waals surface area contributed by atoms with Crippen LogP contribution in [0.25, 0.3) is 0 Å². The van der Waals surface area contributed by atoms with E-state index in [4.69, 9.17) is 5.26 Å². The monoisotopic (exact) mass is 409 g/mol. The molecule has 30 heavy (non-hydrogen) atoms. The van der Waals surface area contributed by atoms with Gasteiger partial charge in [-0.3, -0.25) is 0 Å². The first-order chi connectivity index (χ1) is 14.7. The zero-order valence-corrected chi connectivity index (χ0v) is 18.9. The number of allylic oxidation sites excluding steroid dienone is 4. The number of halogens is 1. The second-order valence-corrected chi connectivity index (χ2v) is 9.04. The van der Waals surface area contributed by atoms with Crippen molar-refractivity contribution in [2.75, 3.05) is 0 Å². The van der Waals surface area contributed by atoms with Gasteiger partial charge < -0.3 is 0 Å². The van der Waals surface area contributed by atoms with Crippen LogP contribution >= 0.6 is 0 Å². The lowest BCUT2D eigenvalue weighted by atomic mass is 9.78. The predicted octanol–water partition coefficient (Wildman–Crippen LogP) is 8.65. The molecule has 0 radical (unpaired) electrons. The van der Waals surface area contributed by atoms with Crippen molar-refractivity contribution in [2.24, 2.45) is 11.8 Å². The molecule has 0 amide bonds. The Kier molecular flexibility index (Phi) is 12.2. The van der Waals surface area contributed by atoms with Gasteiger partial charge in [0.05, 0.1) is 0 Å². The lowest BCUT2D eigenvalue weighted by Crippen LogP contribution is -2.14. The number of benzene rings is 1. The quantitative estimate of drug-likeness (QED) is 0.182. The highest BCUT2D eigenvalue weighted by atomic mass is 19.1. The molecule has 0 spiro atoms. The average Bonchev–Trinajstić information content (AvgIpc) is 2.78. The van der Waals surface area contributed by atoms with Crippen molar-refractivity contribution in [3.05, 3.63) is 59.4 Å². The Hall–Kier alpha value is -1.88. The summed E-state index contributed by atoms with van der Waals surface area (Å²) in [4.78, 5) is 0. The summed E-state index contributed by atoms with van der Waals surface area (Å²) in [6.07, 6.45) is 23.0. The van der Waals surface area contributed by atoms with E-state index in [2.05, 4.69) is 31.2 Å². The van der Waals surface area contributed by atoms with Crippen LogP contribution in [0.2, 0.25) is 0 Å². The molecule has 0 aliphatic heterocycles. The molecule has 1 nitrogen and oxygen atoms in total. The van der Waals surface area contributed by atoms with Crippen molar-refractivity contribution < 1.29 is 4.39 Å². The van der Waals surface area contributed by atoms with Crippen molar-refractivity contribution in [1.29, 1.82) is 5.26 Å². The summed E-state index contributed by atoms with van der Waals surface area (Å²) in [6.45, 7) is 2.26. The molecule has 1 aliphatic rings. The SMILES string of the molecule is CCCCCc1ccc(CCCCC2CCC(CC/C=C/C=C(\F)C#N)CC2)cc1. The van der Waals surface area contributed by atoms with Gasteiger partial charge in [0.25, 0.3) is 0 Å². The molecular formula is C28H40FN. The second-order valence-electron chi connectivity index (χ2n) is 9.04. The molecule has 0 aromatic heterocycles. The minimum atomic E-state index is -0.716. The summed E-state index contributed by atoms with van der Waals surface area (Å²) in [7, 11) is 0.